The fraction of sp³-hybridized carbons (Fsp3) is 0.250. The Morgan fingerprint density at radius 1 is 1.45 bits per heavy atom. The SMILES string of the molecule is CNC(=O)C(C)n1nnc(C(=O)O)c1-c1cccnc1. The molecule has 0 radical (unpaired) electrons. The van der Waals surface area contributed by atoms with Gasteiger partial charge in [0.1, 0.15) is 11.7 Å². The van der Waals surface area contributed by atoms with Gasteiger partial charge in [-0.2, -0.15) is 0 Å². The van der Waals surface area contributed by atoms with Crippen molar-refractivity contribution in [3.05, 3.63) is 30.2 Å². The minimum atomic E-state index is -1.21. The second kappa shape index (κ2) is 5.47. The number of hydrogen-bond donors (Lipinski definition) is 2. The summed E-state index contributed by atoms with van der Waals surface area (Å²) in [6.45, 7) is 1.61. The van der Waals surface area contributed by atoms with Gasteiger partial charge in [-0.1, -0.05) is 5.21 Å². The third kappa shape index (κ3) is 2.35. The fourth-order valence-electron chi connectivity index (χ4n) is 1.80. The second-order valence-electron chi connectivity index (χ2n) is 4.07. The van der Waals surface area contributed by atoms with Gasteiger partial charge in [-0.3, -0.25) is 9.78 Å². The van der Waals surface area contributed by atoms with Crippen LogP contribution in [0, 0.1) is 0 Å². The van der Waals surface area contributed by atoms with E-state index in [1.807, 2.05) is 0 Å². The zero-order chi connectivity index (χ0) is 14.7. The molecule has 0 saturated heterocycles. The topological polar surface area (TPSA) is 110 Å². The predicted octanol–water partition coefficient (Wildman–Crippen LogP) is 0.345. The third-order valence-electron chi connectivity index (χ3n) is 2.82. The van der Waals surface area contributed by atoms with Gasteiger partial charge >= 0.3 is 5.97 Å². The number of carbonyl (C=O) groups excluding carboxylic acids is 1. The van der Waals surface area contributed by atoms with Crippen LogP contribution in [0.4, 0.5) is 0 Å². The monoisotopic (exact) mass is 275 g/mol. The van der Waals surface area contributed by atoms with Gasteiger partial charge in [0.15, 0.2) is 5.69 Å². The summed E-state index contributed by atoms with van der Waals surface area (Å²) in [5.74, 6) is -1.50. The molecule has 0 spiro atoms. The van der Waals surface area contributed by atoms with Crippen LogP contribution >= 0.6 is 0 Å². The molecule has 0 aliphatic rings. The van der Waals surface area contributed by atoms with Crippen LogP contribution in [0.2, 0.25) is 0 Å². The van der Waals surface area contributed by atoms with Gasteiger partial charge < -0.3 is 10.4 Å². The van der Waals surface area contributed by atoms with Crippen LogP contribution in [0.5, 0.6) is 0 Å². The highest BCUT2D eigenvalue weighted by atomic mass is 16.4. The smallest absolute Gasteiger partial charge is 0.358 e. The first-order chi connectivity index (χ1) is 9.56. The Kier molecular flexibility index (Phi) is 3.74. The number of nitrogens with zero attached hydrogens (tertiary/aromatic N) is 4. The van der Waals surface area contributed by atoms with E-state index in [4.69, 9.17) is 0 Å². The summed E-state index contributed by atoms with van der Waals surface area (Å²) in [7, 11) is 1.50. The maximum Gasteiger partial charge on any atom is 0.358 e. The summed E-state index contributed by atoms with van der Waals surface area (Å²) in [4.78, 5) is 26.9. The van der Waals surface area contributed by atoms with Crippen molar-refractivity contribution < 1.29 is 14.7 Å². The molecule has 20 heavy (non-hydrogen) atoms. The molecular formula is C12H13N5O3. The Balaban J connectivity index is 2.60. The van der Waals surface area contributed by atoms with E-state index >= 15 is 0 Å². The number of aromatic carboxylic acids is 1. The Morgan fingerprint density at radius 3 is 2.75 bits per heavy atom. The first-order valence-electron chi connectivity index (χ1n) is 5.86. The van der Waals surface area contributed by atoms with Gasteiger partial charge in [-0.25, -0.2) is 9.48 Å². The lowest BCUT2D eigenvalue weighted by Crippen LogP contribution is -2.29. The normalized spacial score (nSPS) is 11.9. The number of carboxylic acid groups (broad SMARTS) is 1. The summed E-state index contributed by atoms with van der Waals surface area (Å²) in [5, 5.41) is 19.1. The van der Waals surface area contributed by atoms with Crippen LogP contribution < -0.4 is 5.32 Å². The molecule has 1 unspecified atom stereocenters. The van der Waals surface area contributed by atoms with Gasteiger partial charge in [-0.15, -0.1) is 5.10 Å². The summed E-state index contributed by atoms with van der Waals surface area (Å²) < 4.78 is 1.28. The highest BCUT2D eigenvalue weighted by Crippen LogP contribution is 2.24. The summed E-state index contributed by atoms with van der Waals surface area (Å²) >= 11 is 0. The number of carbonyl (C=O) groups is 2. The fourth-order valence-corrected chi connectivity index (χ4v) is 1.80. The molecule has 1 atom stereocenters. The summed E-state index contributed by atoms with van der Waals surface area (Å²) in [6.07, 6.45) is 3.07. The first-order valence-corrected chi connectivity index (χ1v) is 5.86. The Bertz CT molecular complexity index is 638. The van der Waals surface area contributed by atoms with E-state index in [1.54, 1.807) is 25.3 Å². The average molecular weight is 275 g/mol. The molecule has 2 rings (SSSR count). The molecule has 2 aromatic rings. The lowest BCUT2D eigenvalue weighted by Gasteiger charge is -2.13. The van der Waals surface area contributed by atoms with Gasteiger partial charge in [0.25, 0.3) is 0 Å². The number of aromatic nitrogens is 4. The zero-order valence-corrected chi connectivity index (χ0v) is 10.9. The van der Waals surface area contributed by atoms with Crippen LogP contribution in [-0.4, -0.2) is 44.0 Å². The molecule has 104 valence electrons. The van der Waals surface area contributed by atoms with E-state index < -0.39 is 12.0 Å². The van der Waals surface area contributed by atoms with Crippen LogP contribution in [0.1, 0.15) is 23.5 Å². The maximum absolute atomic E-state index is 11.7. The molecular weight excluding hydrogens is 262 g/mol. The van der Waals surface area contributed by atoms with Crippen LogP contribution in [0.25, 0.3) is 11.3 Å². The third-order valence-corrected chi connectivity index (χ3v) is 2.82. The van der Waals surface area contributed by atoms with Crippen molar-refractivity contribution in [2.45, 2.75) is 13.0 Å². The van der Waals surface area contributed by atoms with E-state index in [2.05, 4.69) is 20.6 Å². The standard InChI is InChI=1S/C12H13N5O3/c1-7(11(18)13-2)17-10(8-4-3-5-14-6-8)9(12(19)20)15-16-17/h3-7H,1-2H3,(H,13,18)(H,19,20). The van der Waals surface area contributed by atoms with Crippen molar-refractivity contribution in [3.63, 3.8) is 0 Å². The lowest BCUT2D eigenvalue weighted by atomic mass is 10.1. The highest BCUT2D eigenvalue weighted by molar-refractivity contribution is 5.93. The minimum Gasteiger partial charge on any atom is -0.476 e. The number of amides is 1. The van der Waals surface area contributed by atoms with E-state index in [0.29, 0.717) is 5.56 Å². The molecule has 0 aliphatic carbocycles. The largest absolute Gasteiger partial charge is 0.476 e. The Labute approximate surface area is 114 Å². The van der Waals surface area contributed by atoms with Gasteiger partial charge in [0.05, 0.1) is 0 Å². The van der Waals surface area contributed by atoms with E-state index in [0.717, 1.165) is 0 Å². The van der Waals surface area contributed by atoms with Crippen molar-refractivity contribution >= 4 is 11.9 Å². The molecule has 0 aromatic carbocycles. The number of carboxylic acids is 1. The van der Waals surface area contributed by atoms with Crippen molar-refractivity contribution in [3.8, 4) is 11.3 Å². The number of rotatable bonds is 4. The molecule has 8 heteroatoms. The Morgan fingerprint density at radius 2 is 2.20 bits per heavy atom. The van der Waals surface area contributed by atoms with Crippen LogP contribution in [0.15, 0.2) is 24.5 Å². The van der Waals surface area contributed by atoms with Gasteiger partial charge in [0, 0.05) is 25.0 Å². The van der Waals surface area contributed by atoms with Crippen molar-refractivity contribution in [2.75, 3.05) is 7.05 Å². The summed E-state index contributed by atoms with van der Waals surface area (Å²) in [6, 6.07) is 2.67. The summed E-state index contributed by atoms with van der Waals surface area (Å²) in [5.41, 5.74) is 0.570. The number of pyridine rings is 1. The number of likely N-dealkylation sites (N-methyl/N-ethyl adjacent to an activating group) is 1. The molecule has 8 nitrogen and oxygen atoms in total. The molecule has 0 fully saturated rings. The molecule has 2 aromatic heterocycles. The maximum atomic E-state index is 11.7. The van der Waals surface area contributed by atoms with Crippen molar-refractivity contribution in [2.24, 2.45) is 0 Å². The number of hydrogen-bond acceptors (Lipinski definition) is 5. The van der Waals surface area contributed by atoms with Crippen LogP contribution in [0.3, 0.4) is 0 Å². The molecule has 2 heterocycles. The quantitative estimate of drug-likeness (QED) is 0.832. The molecule has 1 amide bonds. The van der Waals surface area contributed by atoms with Crippen molar-refractivity contribution in [1.82, 2.24) is 25.3 Å². The first kappa shape index (κ1) is 13.7. The molecule has 0 saturated carbocycles. The molecule has 0 aliphatic heterocycles. The number of nitrogens with one attached hydrogen (secondary N) is 1. The Hall–Kier alpha value is -2.77. The van der Waals surface area contributed by atoms with E-state index in [-0.39, 0.29) is 17.3 Å². The second-order valence-corrected chi connectivity index (χ2v) is 4.07. The minimum absolute atomic E-state index is 0.214. The van der Waals surface area contributed by atoms with Gasteiger partial charge in [0.2, 0.25) is 5.91 Å². The van der Waals surface area contributed by atoms with Gasteiger partial charge in [-0.05, 0) is 19.1 Å². The highest BCUT2D eigenvalue weighted by Gasteiger charge is 2.26. The lowest BCUT2D eigenvalue weighted by molar-refractivity contribution is -0.123. The van der Waals surface area contributed by atoms with Crippen molar-refractivity contribution in [1.29, 1.82) is 0 Å². The van der Waals surface area contributed by atoms with E-state index in [9.17, 15) is 14.7 Å². The molecule has 0 bridgehead atoms. The molecule has 2 N–H and O–H groups in total. The average Bonchev–Trinajstić information content (AvgIpc) is 2.91. The van der Waals surface area contributed by atoms with E-state index in [1.165, 1.54) is 17.9 Å². The zero-order valence-electron chi connectivity index (χ0n) is 10.9. The predicted molar refractivity (Wildman–Crippen MR) is 69.0 cm³/mol. The van der Waals surface area contributed by atoms with Crippen LogP contribution in [-0.2, 0) is 4.79 Å².